The molecule has 2 atom stereocenters. The molecule has 1 heterocycles. The lowest BCUT2D eigenvalue weighted by Gasteiger charge is -2.22. The molecule has 0 aliphatic rings. The predicted molar refractivity (Wildman–Crippen MR) is 119 cm³/mol. The number of hydrogen-bond acceptors (Lipinski definition) is 4. The zero-order chi connectivity index (χ0) is 22.2. The number of halogens is 3. The summed E-state index contributed by atoms with van der Waals surface area (Å²) in [5, 5.41) is 16.0. The zero-order valence-electron chi connectivity index (χ0n) is 16.6. The standard InChI is InChI=1S/C22H23Cl2FN4O2/c23-21(24)22(31)29-19(9-25)20(30)17-7-5-16(6-8-17)15-3-1-14(2-4-15)10-26-11-18-12-27-13-28-18/h1-8,12-13,19-21,26,30H,9-11H2,(H,27,28)(H,29,31)/t19-,20-/m1/s1. The summed E-state index contributed by atoms with van der Waals surface area (Å²) in [4.78, 5) is 17.3. The van der Waals surface area contributed by atoms with Crippen molar-refractivity contribution in [3.8, 4) is 11.1 Å². The highest BCUT2D eigenvalue weighted by molar-refractivity contribution is 6.53. The molecule has 1 amide bonds. The second-order valence-electron chi connectivity index (χ2n) is 7.00. The fraction of sp³-hybridized carbons (Fsp3) is 0.273. The lowest BCUT2D eigenvalue weighted by Crippen LogP contribution is -2.43. The maximum Gasteiger partial charge on any atom is 0.253 e. The Morgan fingerprint density at radius 2 is 1.71 bits per heavy atom. The van der Waals surface area contributed by atoms with Gasteiger partial charge in [0.05, 0.1) is 18.1 Å². The first kappa shape index (κ1) is 23.2. The van der Waals surface area contributed by atoms with Gasteiger partial charge >= 0.3 is 0 Å². The van der Waals surface area contributed by atoms with Crippen LogP contribution in [0.1, 0.15) is 22.9 Å². The molecule has 0 aliphatic carbocycles. The molecule has 0 saturated carbocycles. The van der Waals surface area contributed by atoms with Gasteiger partial charge in [-0.3, -0.25) is 4.79 Å². The van der Waals surface area contributed by atoms with Crippen LogP contribution in [0.25, 0.3) is 11.1 Å². The second-order valence-corrected chi connectivity index (χ2v) is 8.09. The lowest BCUT2D eigenvalue weighted by molar-refractivity contribution is -0.121. The molecule has 31 heavy (non-hydrogen) atoms. The van der Waals surface area contributed by atoms with Gasteiger partial charge in [0, 0.05) is 19.3 Å². The van der Waals surface area contributed by atoms with Crippen LogP contribution >= 0.6 is 23.2 Å². The Hall–Kier alpha value is -2.45. The smallest absolute Gasteiger partial charge is 0.253 e. The molecular formula is C22H23Cl2FN4O2. The molecule has 0 fully saturated rings. The fourth-order valence-electron chi connectivity index (χ4n) is 3.09. The summed E-state index contributed by atoms with van der Waals surface area (Å²) < 4.78 is 13.3. The third-order valence-electron chi connectivity index (χ3n) is 4.80. The molecule has 0 saturated heterocycles. The average molecular weight is 465 g/mol. The van der Waals surface area contributed by atoms with Crippen molar-refractivity contribution in [1.29, 1.82) is 0 Å². The van der Waals surface area contributed by atoms with Crippen molar-refractivity contribution in [2.24, 2.45) is 0 Å². The van der Waals surface area contributed by atoms with Gasteiger partial charge < -0.3 is 20.7 Å². The summed E-state index contributed by atoms with van der Waals surface area (Å²) in [5.74, 6) is -0.749. The predicted octanol–water partition coefficient (Wildman–Crippen LogP) is 3.66. The highest BCUT2D eigenvalue weighted by Crippen LogP contribution is 2.24. The molecule has 1 aromatic heterocycles. The van der Waals surface area contributed by atoms with Gasteiger partial charge in [-0.25, -0.2) is 9.37 Å². The van der Waals surface area contributed by atoms with Crippen LogP contribution in [0, 0.1) is 0 Å². The first-order chi connectivity index (χ1) is 15.0. The molecule has 9 heteroatoms. The minimum absolute atomic E-state index is 0.478. The van der Waals surface area contributed by atoms with E-state index in [1.165, 1.54) is 0 Å². The van der Waals surface area contributed by atoms with Gasteiger partial charge in [0.15, 0.2) is 4.84 Å². The van der Waals surface area contributed by atoms with Gasteiger partial charge in [0.25, 0.3) is 5.91 Å². The quantitative estimate of drug-likeness (QED) is 0.344. The van der Waals surface area contributed by atoms with Crippen molar-refractivity contribution < 1.29 is 14.3 Å². The number of benzene rings is 2. The van der Waals surface area contributed by atoms with Crippen LogP contribution in [0.2, 0.25) is 0 Å². The summed E-state index contributed by atoms with van der Waals surface area (Å²) in [6.07, 6.45) is 2.28. The van der Waals surface area contributed by atoms with Gasteiger partial charge in [0.2, 0.25) is 0 Å². The summed E-state index contributed by atoms with van der Waals surface area (Å²) >= 11 is 10.9. The Bertz CT molecular complexity index is 951. The number of alkyl halides is 3. The van der Waals surface area contributed by atoms with Crippen LogP contribution in [0.5, 0.6) is 0 Å². The van der Waals surface area contributed by atoms with E-state index in [1.54, 1.807) is 18.5 Å². The number of aliphatic hydroxyl groups excluding tert-OH is 1. The minimum Gasteiger partial charge on any atom is -0.386 e. The van der Waals surface area contributed by atoms with Gasteiger partial charge in [-0.2, -0.15) is 0 Å². The number of hydrogen-bond donors (Lipinski definition) is 4. The van der Waals surface area contributed by atoms with Crippen molar-refractivity contribution in [2.45, 2.75) is 30.1 Å². The van der Waals surface area contributed by atoms with Crippen LogP contribution in [0.4, 0.5) is 4.39 Å². The summed E-state index contributed by atoms with van der Waals surface area (Å²) in [6, 6.07) is 14.1. The van der Waals surface area contributed by atoms with Crippen LogP contribution in [0.15, 0.2) is 61.1 Å². The Morgan fingerprint density at radius 1 is 1.06 bits per heavy atom. The molecule has 164 valence electrons. The van der Waals surface area contributed by atoms with Gasteiger partial charge in [-0.1, -0.05) is 71.7 Å². The highest BCUT2D eigenvalue weighted by atomic mass is 35.5. The number of imidazole rings is 1. The molecule has 0 unspecified atom stereocenters. The molecule has 2 aromatic carbocycles. The third kappa shape index (κ3) is 6.51. The molecule has 0 spiro atoms. The van der Waals surface area contributed by atoms with E-state index in [2.05, 4.69) is 20.6 Å². The second kappa shape index (κ2) is 11.2. The number of H-pyrrole nitrogens is 1. The fourth-order valence-corrected chi connectivity index (χ4v) is 3.22. The summed E-state index contributed by atoms with van der Waals surface area (Å²) in [7, 11) is 0. The minimum atomic E-state index is -1.33. The largest absolute Gasteiger partial charge is 0.386 e. The molecule has 3 aromatic rings. The third-order valence-corrected chi connectivity index (χ3v) is 5.20. The SMILES string of the molecule is O=C(N[C@H](CF)[C@H](O)c1ccc(-c2ccc(CNCc3c[nH]cn3)cc2)cc1)C(Cl)Cl. The molecule has 3 rings (SSSR count). The Labute approximate surface area is 189 Å². The number of aromatic amines is 1. The molecule has 0 aliphatic heterocycles. The van der Waals surface area contributed by atoms with Crippen molar-refractivity contribution in [2.75, 3.05) is 6.67 Å². The van der Waals surface area contributed by atoms with Crippen LogP contribution in [0.3, 0.4) is 0 Å². The van der Waals surface area contributed by atoms with Crippen LogP contribution < -0.4 is 10.6 Å². The molecular weight excluding hydrogens is 442 g/mol. The maximum atomic E-state index is 13.3. The van der Waals surface area contributed by atoms with E-state index in [4.69, 9.17) is 23.2 Å². The van der Waals surface area contributed by atoms with Gasteiger partial charge in [-0.05, 0) is 22.3 Å². The van der Waals surface area contributed by atoms with Crippen molar-refractivity contribution in [1.82, 2.24) is 20.6 Å². The number of rotatable bonds is 10. The van der Waals surface area contributed by atoms with E-state index in [0.29, 0.717) is 12.1 Å². The van der Waals surface area contributed by atoms with Crippen molar-refractivity contribution in [3.63, 3.8) is 0 Å². The van der Waals surface area contributed by atoms with Gasteiger partial charge in [0.1, 0.15) is 12.8 Å². The number of nitrogens with zero attached hydrogens (tertiary/aromatic N) is 1. The Balaban J connectivity index is 1.59. The molecule has 0 bridgehead atoms. The highest BCUT2D eigenvalue weighted by Gasteiger charge is 2.25. The number of aliphatic hydroxyl groups is 1. The Kier molecular flexibility index (Phi) is 8.43. The number of carbonyl (C=O) groups excluding carboxylic acids is 1. The zero-order valence-corrected chi connectivity index (χ0v) is 18.1. The normalized spacial score (nSPS) is 13.2. The number of nitrogens with one attached hydrogen (secondary N) is 3. The summed E-state index contributed by atoms with van der Waals surface area (Å²) in [5.41, 5.74) is 4.55. The van der Waals surface area contributed by atoms with E-state index in [9.17, 15) is 14.3 Å². The maximum absolute atomic E-state index is 13.3. The van der Waals surface area contributed by atoms with E-state index in [0.717, 1.165) is 28.9 Å². The molecule has 4 N–H and O–H groups in total. The van der Waals surface area contributed by atoms with Crippen molar-refractivity contribution in [3.05, 3.63) is 77.9 Å². The summed E-state index contributed by atoms with van der Waals surface area (Å²) in [6.45, 7) is 0.455. The number of carbonyl (C=O) groups is 1. The lowest BCUT2D eigenvalue weighted by atomic mass is 9.98. The molecule has 6 nitrogen and oxygen atoms in total. The number of aromatic nitrogens is 2. The first-order valence-corrected chi connectivity index (χ1v) is 10.6. The Morgan fingerprint density at radius 3 is 2.26 bits per heavy atom. The monoisotopic (exact) mass is 464 g/mol. The van der Waals surface area contributed by atoms with E-state index < -0.39 is 29.6 Å². The van der Waals surface area contributed by atoms with E-state index in [1.807, 2.05) is 42.6 Å². The van der Waals surface area contributed by atoms with Crippen LogP contribution in [-0.2, 0) is 17.9 Å². The molecule has 0 radical (unpaired) electrons. The van der Waals surface area contributed by atoms with Crippen molar-refractivity contribution >= 4 is 29.1 Å². The first-order valence-electron chi connectivity index (χ1n) is 9.68. The topological polar surface area (TPSA) is 90.0 Å². The van der Waals surface area contributed by atoms with E-state index >= 15 is 0 Å². The van der Waals surface area contributed by atoms with Gasteiger partial charge in [-0.15, -0.1) is 0 Å². The average Bonchev–Trinajstić information content (AvgIpc) is 3.31. The van der Waals surface area contributed by atoms with E-state index in [-0.39, 0.29) is 0 Å². The van der Waals surface area contributed by atoms with Crippen LogP contribution in [-0.4, -0.2) is 38.5 Å². The number of amides is 1.